The maximum atomic E-state index is 12.2. The highest BCUT2D eigenvalue weighted by atomic mass is 16.5. The highest BCUT2D eigenvalue weighted by Crippen LogP contribution is 2.19. The van der Waals surface area contributed by atoms with Crippen molar-refractivity contribution in [2.24, 2.45) is 5.92 Å². The van der Waals surface area contributed by atoms with Gasteiger partial charge < -0.3 is 20.1 Å². The summed E-state index contributed by atoms with van der Waals surface area (Å²) in [6.45, 7) is 5.21. The van der Waals surface area contributed by atoms with Gasteiger partial charge in [-0.15, -0.1) is 0 Å². The number of nitrogens with one attached hydrogen (secondary N) is 1. The van der Waals surface area contributed by atoms with Crippen LogP contribution in [0.2, 0.25) is 0 Å². The van der Waals surface area contributed by atoms with E-state index in [9.17, 15) is 9.90 Å². The molecule has 0 radical (unpaired) electrons. The molecule has 17 heavy (non-hydrogen) atoms. The van der Waals surface area contributed by atoms with Crippen molar-refractivity contribution in [2.45, 2.75) is 32.0 Å². The highest BCUT2D eigenvalue weighted by molar-refractivity contribution is 5.79. The first-order valence-electron chi connectivity index (χ1n) is 6.51. The smallest absolute Gasteiger partial charge is 0.227 e. The predicted octanol–water partition coefficient (Wildman–Crippen LogP) is -0.406. The van der Waals surface area contributed by atoms with Gasteiger partial charge in [0.25, 0.3) is 0 Å². The molecule has 5 nitrogen and oxygen atoms in total. The highest BCUT2D eigenvalue weighted by Gasteiger charge is 2.37. The lowest BCUT2D eigenvalue weighted by atomic mass is 9.98. The van der Waals surface area contributed by atoms with E-state index in [-0.39, 0.29) is 17.9 Å². The van der Waals surface area contributed by atoms with Crippen molar-refractivity contribution in [3.63, 3.8) is 0 Å². The van der Waals surface area contributed by atoms with Crippen molar-refractivity contribution in [1.82, 2.24) is 10.2 Å². The Morgan fingerprint density at radius 1 is 1.53 bits per heavy atom. The summed E-state index contributed by atoms with van der Waals surface area (Å²) in [5.74, 6) is 0.245. The number of likely N-dealkylation sites (tertiary alicyclic amines) is 1. The Morgan fingerprint density at radius 3 is 3.00 bits per heavy atom. The van der Waals surface area contributed by atoms with E-state index in [4.69, 9.17) is 4.74 Å². The Labute approximate surface area is 102 Å². The number of nitrogens with zero attached hydrogens (tertiary/aromatic N) is 1. The molecule has 2 fully saturated rings. The summed E-state index contributed by atoms with van der Waals surface area (Å²) in [7, 11) is 0. The third-order valence-electron chi connectivity index (χ3n) is 3.58. The second kappa shape index (κ2) is 5.80. The zero-order chi connectivity index (χ0) is 12.3. The molecule has 2 saturated heterocycles. The summed E-state index contributed by atoms with van der Waals surface area (Å²) in [5.41, 5.74) is 0. The fourth-order valence-electron chi connectivity index (χ4n) is 2.64. The lowest BCUT2D eigenvalue weighted by Crippen LogP contribution is -2.42. The Balaban J connectivity index is 1.88. The molecule has 0 aliphatic carbocycles. The summed E-state index contributed by atoms with van der Waals surface area (Å²) >= 11 is 0. The SMILES string of the molecule is CCO[C@@H]1CN(C(=O)[C@@H]2CCCNC2)C[C@@H]1O. The number of aliphatic hydroxyl groups excluding tert-OH is 1. The first kappa shape index (κ1) is 12.8. The summed E-state index contributed by atoms with van der Waals surface area (Å²) in [5, 5.41) is 13.0. The van der Waals surface area contributed by atoms with Crippen LogP contribution < -0.4 is 5.32 Å². The number of carbonyl (C=O) groups excluding carboxylic acids is 1. The van der Waals surface area contributed by atoms with Gasteiger partial charge in [-0.25, -0.2) is 0 Å². The Kier molecular flexibility index (Phi) is 4.36. The minimum Gasteiger partial charge on any atom is -0.388 e. The molecule has 0 unspecified atom stereocenters. The third kappa shape index (κ3) is 2.97. The molecule has 2 aliphatic rings. The van der Waals surface area contributed by atoms with Gasteiger partial charge in [0, 0.05) is 26.2 Å². The maximum Gasteiger partial charge on any atom is 0.227 e. The van der Waals surface area contributed by atoms with Gasteiger partial charge in [-0.2, -0.15) is 0 Å². The number of piperidine rings is 1. The minimum absolute atomic E-state index is 0.0799. The van der Waals surface area contributed by atoms with Crippen LogP contribution >= 0.6 is 0 Å². The van der Waals surface area contributed by atoms with Crippen molar-refractivity contribution in [1.29, 1.82) is 0 Å². The Bertz CT molecular complexity index is 266. The van der Waals surface area contributed by atoms with E-state index in [1.54, 1.807) is 4.90 Å². The Hall–Kier alpha value is -0.650. The van der Waals surface area contributed by atoms with Crippen molar-refractivity contribution in [2.75, 3.05) is 32.8 Å². The molecule has 3 atom stereocenters. The number of β-amino-alcohol motifs (C(OH)–C–C–N with tert-alkyl or cyclic N) is 1. The number of amides is 1. The molecular formula is C12H22N2O3. The zero-order valence-electron chi connectivity index (χ0n) is 10.4. The molecule has 1 amide bonds. The fourth-order valence-corrected chi connectivity index (χ4v) is 2.64. The first-order valence-corrected chi connectivity index (χ1v) is 6.51. The topological polar surface area (TPSA) is 61.8 Å². The molecule has 0 spiro atoms. The van der Waals surface area contributed by atoms with E-state index in [0.29, 0.717) is 19.7 Å². The molecular weight excluding hydrogens is 220 g/mol. The van der Waals surface area contributed by atoms with Gasteiger partial charge in [-0.3, -0.25) is 4.79 Å². The summed E-state index contributed by atoms with van der Waals surface area (Å²) in [4.78, 5) is 14.0. The average molecular weight is 242 g/mol. The predicted molar refractivity (Wildman–Crippen MR) is 63.6 cm³/mol. The van der Waals surface area contributed by atoms with E-state index in [1.165, 1.54) is 0 Å². The number of aliphatic hydroxyl groups is 1. The van der Waals surface area contributed by atoms with E-state index in [0.717, 1.165) is 25.9 Å². The lowest BCUT2D eigenvalue weighted by molar-refractivity contribution is -0.135. The van der Waals surface area contributed by atoms with Crippen LogP contribution in [0.1, 0.15) is 19.8 Å². The van der Waals surface area contributed by atoms with Crippen LogP contribution in [-0.4, -0.2) is 60.9 Å². The van der Waals surface area contributed by atoms with Crippen LogP contribution in [0.25, 0.3) is 0 Å². The van der Waals surface area contributed by atoms with E-state index in [1.807, 2.05) is 6.92 Å². The van der Waals surface area contributed by atoms with E-state index >= 15 is 0 Å². The van der Waals surface area contributed by atoms with Gasteiger partial charge >= 0.3 is 0 Å². The molecule has 0 saturated carbocycles. The monoisotopic (exact) mass is 242 g/mol. The largest absolute Gasteiger partial charge is 0.388 e. The first-order chi connectivity index (χ1) is 8.22. The summed E-state index contributed by atoms with van der Waals surface area (Å²) in [6.07, 6.45) is 1.27. The summed E-state index contributed by atoms with van der Waals surface area (Å²) < 4.78 is 5.42. The quantitative estimate of drug-likeness (QED) is 0.706. The molecule has 0 aromatic rings. The van der Waals surface area contributed by atoms with Crippen molar-refractivity contribution in [3.8, 4) is 0 Å². The van der Waals surface area contributed by atoms with Crippen molar-refractivity contribution >= 4 is 5.91 Å². The van der Waals surface area contributed by atoms with Crippen LogP contribution in [0.5, 0.6) is 0 Å². The Morgan fingerprint density at radius 2 is 2.35 bits per heavy atom. The van der Waals surface area contributed by atoms with Gasteiger partial charge in [0.1, 0.15) is 6.10 Å². The van der Waals surface area contributed by atoms with E-state index in [2.05, 4.69) is 5.32 Å². The second-order valence-corrected chi connectivity index (χ2v) is 4.85. The van der Waals surface area contributed by atoms with Crippen LogP contribution in [-0.2, 0) is 9.53 Å². The molecule has 0 aromatic heterocycles. The van der Waals surface area contributed by atoms with Gasteiger partial charge in [0.2, 0.25) is 5.91 Å². The van der Waals surface area contributed by atoms with Crippen LogP contribution in [0.4, 0.5) is 0 Å². The summed E-state index contributed by atoms with van der Waals surface area (Å²) in [6, 6.07) is 0. The number of hydrogen-bond donors (Lipinski definition) is 2. The molecule has 2 N–H and O–H groups in total. The molecule has 5 heteroatoms. The minimum atomic E-state index is -0.532. The van der Waals surface area contributed by atoms with Crippen LogP contribution in [0.3, 0.4) is 0 Å². The van der Waals surface area contributed by atoms with E-state index < -0.39 is 6.10 Å². The van der Waals surface area contributed by atoms with Gasteiger partial charge in [0.05, 0.1) is 12.0 Å². The molecule has 2 aliphatic heterocycles. The number of hydrogen-bond acceptors (Lipinski definition) is 4. The maximum absolute atomic E-state index is 12.2. The molecule has 0 aromatic carbocycles. The van der Waals surface area contributed by atoms with Gasteiger partial charge in [-0.1, -0.05) is 0 Å². The number of rotatable bonds is 3. The zero-order valence-corrected chi connectivity index (χ0v) is 10.4. The van der Waals surface area contributed by atoms with Gasteiger partial charge in [0.15, 0.2) is 0 Å². The third-order valence-corrected chi connectivity index (χ3v) is 3.58. The van der Waals surface area contributed by atoms with Crippen molar-refractivity contribution < 1.29 is 14.6 Å². The molecule has 2 heterocycles. The molecule has 98 valence electrons. The van der Waals surface area contributed by atoms with Gasteiger partial charge in [-0.05, 0) is 26.3 Å². The normalized spacial score (nSPS) is 34.0. The molecule has 0 bridgehead atoms. The van der Waals surface area contributed by atoms with Crippen LogP contribution in [0, 0.1) is 5.92 Å². The standard InChI is InChI=1S/C12H22N2O3/c1-2-17-11-8-14(7-10(11)15)12(16)9-4-3-5-13-6-9/h9-11,13,15H,2-8H2,1H3/t9-,10+,11-/m1/s1. The second-order valence-electron chi connectivity index (χ2n) is 4.85. The van der Waals surface area contributed by atoms with Crippen LogP contribution in [0.15, 0.2) is 0 Å². The lowest BCUT2D eigenvalue weighted by Gasteiger charge is -2.26. The fraction of sp³-hybridized carbons (Fsp3) is 0.917. The average Bonchev–Trinajstić information content (AvgIpc) is 2.72. The number of carbonyl (C=O) groups is 1. The number of ether oxygens (including phenoxy) is 1. The van der Waals surface area contributed by atoms with Crippen molar-refractivity contribution in [3.05, 3.63) is 0 Å². The molecule has 2 rings (SSSR count).